The molecule has 0 unspecified atom stereocenters. The standard InChI is InChI=1S/C19H21N3O2S2/c1-15-13-16(2)22(21-15)18(19-9-6-11-25-19)14-20-26(23,24)12-10-17-7-4-3-5-8-17/h3-13,18,20H,14H2,1-2H3/b12-10+/t18-/m0/s1. The molecule has 2 heterocycles. The van der Waals surface area contributed by atoms with Crippen LogP contribution in [0.25, 0.3) is 6.08 Å². The van der Waals surface area contributed by atoms with E-state index >= 15 is 0 Å². The SMILES string of the molecule is Cc1cc(C)n([C@@H](CNS(=O)(=O)/C=C/c2ccccc2)c2cccs2)n1. The van der Waals surface area contributed by atoms with E-state index in [-0.39, 0.29) is 12.6 Å². The summed E-state index contributed by atoms with van der Waals surface area (Å²) in [6.45, 7) is 4.15. The van der Waals surface area contributed by atoms with E-state index in [1.807, 2.05) is 72.4 Å². The minimum Gasteiger partial charge on any atom is -0.260 e. The normalized spacial score (nSPS) is 13.3. The van der Waals surface area contributed by atoms with E-state index in [1.54, 1.807) is 17.4 Å². The summed E-state index contributed by atoms with van der Waals surface area (Å²) in [5.41, 5.74) is 2.75. The van der Waals surface area contributed by atoms with Crippen LogP contribution >= 0.6 is 11.3 Å². The van der Waals surface area contributed by atoms with E-state index in [2.05, 4.69) is 9.82 Å². The van der Waals surface area contributed by atoms with Crippen LogP contribution in [0.5, 0.6) is 0 Å². The third-order valence-electron chi connectivity index (χ3n) is 3.93. The predicted octanol–water partition coefficient (Wildman–Crippen LogP) is 3.74. The van der Waals surface area contributed by atoms with Crippen LogP contribution < -0.4 is 4.72 Å². The van der Waals surface area contributed by atoms with Gasteiger partial charge in [0.25, 0.3) is 0 Å². The van der Waals surface area contributed by atoms with Crippen LogP contribution in [0.2, 0.25) is 0 Å². The molecule has 0 radical (unpaired) electrons. The second kappa shape index (κ2) is 7.99. The number of sulfonamides is 1. The maximum absolute atomic E-state index is 12.4. The molecule has 2 aromatic heterocycles. The molecular weight excluding hydrogens is 366 g/mol. The molecule has 0 fully saturated rings. The van der Waals surface area contributed by atoms with E-state index in [0.717, 1.165) is 21.8 Å². The predicted molar refractivity (Wildman–Crippen MR) is 107 cm³/mol. The highest BCUT2D eigenvalue weighted by Crippen LogP contribution is 2.24. The summed E-state index contributed by atoms with van der Waals surface area (Å²) in [6.07, 6.45) is 1.59. The highest BCUT2D eigenvalue weighted by molar-refractivity contribution is 7.92. The third kappa shape index (κ3) is 4.69. The number of aromatic nitrogens is 2. The van der Waals surface area contributed by atoms with Crippen molar-refractivity contribution < 1.29 is 8.42 Å². The highest BCUT2D eigenvalue weighted by atomic mass is 32.2. The molecule has 0 saturated carbocycles. The summed E-state index contributed by atoms with van der Waals surface area (Å²) in [5.74, 6) is 0. The van der Waals surface area contributed by atoms with Gasteiger partial charge in [-0.05, 0) is 43.0 Å². The van der Waals surface area contributed by atoms with Crippen molar-refractivity contribution in [2.45, 2.75) is 19.9 Å². The summed E-state index contributed by atoms with van der Waals surface area (Å²) in [7, 11) is -3.55. The van der Waals surface area contributed by atoms with Gasteiger partial charge in [0.05, 0.1) is 11.7 Å². The number of hydrogen-bond donors (Lipinski definition) is 1. The van der Waals surface area contributed by atoms with Gasteiger partial charge in [0.15, 0.2) is 0 Å². The smallest absolute Gasteiger partial charge is 0.233 e. The quantitative estimate of drug-likeness (QED) is 0.672. The van der Waals surface area contributed by atoms with Crippen molar-refractivity contribution in [2.24, 2.45) is 0 Å². The molecule has 0 aliphatic heterocycles. The Morgan fingerprint density at radius 2 is 1.96 bits per heavy atom. The van der Waals surface area contributed by atoms with Crippen LogP contribution in [-0.4, -0.2) is 24.7 Å². The summed E-state index contributed by atoms with van der Waals surface area (Å²) < 4.78 is 29.3. The van der Waals surface area contributed by atoms with Crippen LogP contribution in [0.4, 0.5) is 0 Å². The van der Waals surface area contributed by atoms with Crippen LogP contribution in [0.15, 0.2) is 59.3 Å². The van der Waals surface area contributed by atoms with E-state index in [0.29, 0.717) is 0 Å². The summed E-state index contributed by atoms with van der Waals surface area (Å²) >= 11 is 1.59. The van der Waals surface area contributed by atoms with Crippen molar-refractivity contribution in [3.05, 3.63) is 81.1 Å². The molecule has 0 saturated heterocycles. The van der Waals surface area contributed by atoms with Crippen LogP contribution in [0.1, 0.15) is 27.9 Å². The summed E-state index contributed by atoms with van der Waals surface area (Å²) in [4.78, 5) is 1.06. The lowest BCUT2D eigenvalue weighted by molar-refractivity contribution is 0.502. The molecule has 7 heteroatoms. The minimum atomic E-state index is -3.55. The van der Waals surface area contributed by atoms with Gasteiger partial charge >= 0.3 is 0 Å². The number of thiophene rings is 1. The number of benzene rings is 1. The second-order valence-corrected chi connectivity index (χ2v) is 8.64. The number of nitrogens with zero attached hydrogens (tertiary/aromatic N) is 2. The lowest BCUT2D eigenvalue weighted by atomic mass is 10.2. The van der Waals surface area contributed by atoms with E-state index in [1.165, 1.54) is 5.41 Å². The molecule has 136 valence electrons. The first-order chi connectivity index (χ1) is 12.4. The van der Waals surface area contributed by atoms with Crippen LogP contribution in [0.3, 0.4) is 0 Å². The second-order valence-electron chi connectivity index (χ2n) is 6.01. The minimum absolute atomic E-state index is 0.177. The molecule has 3 rings (SSSR count). The van der Waals surface area contributed by atoms with Gasteiger partial charge in [-0.25, -0.2) is 13.1 Å². The van der Waals surface area contributed by atoms with Gasteiger partial charge in [0, 0.05) is 22.5 Å². The van der Waals surface area contributed by atoms with Crippen molar-refractivity contribution >= 4 is 27.4 Å². The molecule has 3 aromatic rings. The first kappa shape index (κ1) is 18.6. The van der Waals surface area contributed by atoms with Crippen molar-refractivity contribution in [3.8, 4) is 0 Å². The Bertz CT molecular complexity index is 975. The third-order valence-corrected chi connectivity index (χ3v) is 5.97. The van der Waals surface area contributed by atoms with Gasteiger partial charge in [0.1, 0.15) is 0 Å². The molecule has 26 heavy (non-hydrogen) atoms. The molecule has 1 aromatic carbocycles. The number of hydrogen-bond acceptors (Lipinski definition) is 4. The first-order valence-electron chi connectivity index (χ1n) is 8.23. The first-order valence-corrected chi connectivity index (χ1v) is 10.7. The topological polar surface area (TPSA) is 64.0 Å². The Morgan fingerprint density at radius 3 is 2.58 bits per heavy atom. The fraction of sp³-hybridized carbons (Fsp3) is 0.211. The van der Waals surface area contributed by atoms with Crippen LogP contribution in [0, 0.1) is 13.8 Å². The Kier molecular flexibility index (Phi) is 5.70. The van der Waals surface area contributed by atoms with Gasteiger partial charge in [-0.3, -0.25) is 4.68 Å². The van der Waals surface area contributed by atoms with Gasteiger partial charge in [0.2, 0.25) is 10.0 Å². The largest absolute Gasteiger partial charge is 0.260 e. The average Bonchev–Trinajstić information content (AvgIpc) is 3.25. The van der Waals surface area contributed by atoms with E-state index < -0.39 is 10.0 Å². The lowest BCUT2D eigenvalue weighted by Crippen LogP contribution is -2.30. The van der Waals surface area contributed by atoms with Gasteiger partial charge in [-0.1, -0.05) is 36.4 Å². The monoisotopic (exact) mass is 387 g/mol. The Labute approximate surface area is 158 Å². The summed E-state index contributed by atoms with van der Waals surface area (Å²) in [5, 5.41) is 7.72. The fourth-order valence-corrected chi connectivity index (χ4v) is 4.36. The number of rotatable bonds is 7. The van der Waals surface area contributed by atoms with Crippen molar-refractivity contribution in [1.82, 2.24) is 14.5 Å². The van der Waals surface area contributed by atoms with Crippen molar-refractivity contribution in [3.63, 3.8) is 0 Å². The molecule has 0 aliphatic rings. The molecule has 0 amide bonds. The number of nitrogens with one attached hydrogen (secondary N) is 1. The Hall–Kier alpha value is -2.22. The van der Waals surface area contributed by atoms with Gasteiger partial charge in [-0.15, -0.1) is 11.3 Å². The highest BCUT2D eigenvalue weighted by Gasteiger charge is 2.20. The maximum Gasteiger partial charge on any atom is 0.233 e. The van der Waals surface area contributed by atoms with Crippen molar-refractivity contribution in [1.29, 1.82) is 0 Å². The van der Waals surface area contributed by atoms with Crippen molar-refractivity contribution in [2.75, 3.05) is 6.54 Å². The zero-order chi connectivity index (χ0) is 18.6. The molecule has 1 N–H and O–H groups in total. The molecule has 0 bridgehead atoms. The Morgan fingerprint density at radius 1 is 1.19 bits per heavy atom. The summed E-state index contributed by atoms with van der Waals surface area (Å²) in [6, 6.07) is 15.1. The molecule has 5 nitrogen and oxygen atoms in total. The average molecular weight is 388 g/mol. The zero-order valence-electron chi connectivity index (χ0n) is 14.7. The van der Waals surface area contributed by atoms with Crippen LogP contribution in [-0.2, 0) is 10.0 Å². The molecule has 0 spiro atoms. The number of aryl methyl sites for hydroxylation is 2. The zero-order valence-corrected chi connectivity index (χ0v) is 16.3. The maximum atomic E-state index is 12.4. The Balaban J connectivity index is 1.77. The van der Waals surface area contributed by atoms with Gasteiger partial charge < -0.3 is 0 Å². The molecule has 1 atom stereocenters. The van der Waals surface area contributed by atoms with Gasteiger partial charge in [-0.2, -0.15) is 5.10 Å². The lowest BCUT2D eigenvalue weighted by Gasteiger charge is -2.18. The van der Waals surface area contributed by atoms with E-state index in [4.69, 9.17) is 0 Å². The molecule has 0 aliphatic carbocycles. The fourth-order valence-electron chi connectivity index (χ4n) is 2.73. The van der Waals surface area contributed by atoms with E-state index in [9.17, 15) is 8.42 Å². The molecular formula is C19H21N3O2S2.